The summed E-state index contributed by atoms with van der Waals surface area (Å²) in [4.78, 5) is 50.3. The lowest BCUT2D eigenvalue weighted by Gasteiger charge is -2.38. The summed E-state index contributed by atoms with van der Waals surface area (Å²) in [5, 5.41) is 70.0. The third-order valence-corrected chi connectivity index (χ3v) is 8.38. The van der Waals surface area contributed by atoms with Gasteiger partial charge in [0.2, 0.25) is 17.7 Å². The first kappa shape index (κ1) is 42.9. The summed E-state index contributed by atoms with van der Waals surface area (Å²) in [6, 6.07) is 7.94. The minimum absolute atomic E-state index is 0.0147. The van der Waals surface area contributed by atoms with Crippen molar-refractivity contribution in [2.75, 3.05) is 32.8 Å². The molecular weight excluding hydrogens is 692 g/mol. The summed E-state index contributed by atoms with van der Waals surface area (Å²) in [7, 11) is 0. The van der Waals surface area contributed by atoms with Gasteiger partial charge in [0, 0.05) is 32.5 Å². The van der Waals surface area contributed by atoms with Crippen molar-refractivity contribution in [1.82, 2.24) is 21.3 Å². The van der Waals surface area contributed by atoms with E-state index in [2.05, 4.69) is 21.3 Å². The number of carbonyl (C=O) groups excluding carboxylic acids is 4. The standard InChI is InChI=1S/C33H52N4O15/c1-18-24(40)26(42)28(44)31(51-18)48-15-13-34-22(38)11-10-21(30(46)35-14-16-49-32-29(45)27(43)25(41)19(2)52-32)37-23(39)9-6-12-36-33(47)50-17-20-7-4-3-5-8-20/h3-5,7-8,18-19,21,24-29,31-32,40-45H,6,9-17H2,1-2H3,(H,34,38)(H,35,46)(H,36,47)(H,37,39)/t18-,19-,21-,24+,25+,26+,27+,28-,29-,31+,32+/m0/s1. The van der Waals surface area contributed by atoms with E-state index in [1.165, 1.54) is 13.8 Å². The highest BCUT2D eigenvalue weighted by Gasteiger charge is 2.43. The van der Waals surface area contributed by atoms with E-state index >= 15 is 0 Å². The Balaban J connectivity index is 1.43. The molecule has 4 amide bonds. The Morgan fingerprint density at radius 2 is 1.25 bits per heavy atom. The minimum Gasteiger partial charge on any atom is -0.445 e. The molecule has 0 bridgehead atoms. The molecule has 2 fully saturated rings. The van der Waals surface area contributed by atoms with Crippen LogP contribution in [-0.2, 0) is 44.7 Å². The summed E-state index contributed by atoms with van der Waals surface area (Å²) >= 11 is 0. The van der Waals surface area contributed by atoms with Crippen LogP contribution in [-0.4, -0.2) is 155 Å². The number of amides is 4. The molecule has 2 heterocycles. The van der Waals surface area contributed by atoms with E-state index in [4.69, 9.17) is 23.7 Å². The first-order valence-electron chi connectivity index (χ1n) is 17.2. The molecule has 0 spiro atoms. The maximum absolute atomic E-state index is 13.1. The molecule has 0 aromatic heterocycles. The number of hydrogen-bond donors (Lipinski definition) is 10. The molecule has 52 heavy (non-hydrogen) atoms. The highest BCUT2D eigenvalue weighted by molar-refractivity contribution is 5.88. The highest BCUT2D eigenvalue weighted by Crippen LogP contribution is 2.22. The Bertz CT molecular complexity index is 1260. The van der Waals surface area contributed by atoms with E-state index in [1.807, 2.05) is 30.3 Å². The molecular formula is C33H52N4O15. The molecule has 3 rings (SSSR count). The van der Waals surface area contributed by atoms with E-state index in [0.717, 1.165) is 5.56 Å². The summed E-state index contributed by atoms with van der Waals surface area (Å²) in [5.74, 6) is -1.63. The van der Waals surface area contributed by atoms with Gasteiger partial charge in [-0.2, -0.15) is 0 Å². The van der Waals surface area contributed by atoms with Gasteiger partial charge in [0.05, 0.1) is 25.4 Å². The second-order valence-electron chi connectivity index (χ2n) is 12.5. The van der Waals surface area contributed by atoms with Crippen molar-refractivity contribution in [3.63, 3.8) is 0 Å². The Morgan fingerprint density at radius 1 is 0.692 bits per heavy atom. The van der Waals surface area contributed by atoms with Crippen molar-refractivity contribution < 1.29 is 73.5 Å². The number of carbonyl (C=O) groups is 4. The van der Waals surface area contributed by atoms with E-state index in [9.17, 15) is 49.8 Å². The van der Waals surface area contributed by atoms with Crippen LogP contribution in [0.25, 0.3) is 0 Å². The molecule has 19 nitrogen and oxygen atoms in total. The van der Waals surface area contributed by atoms with Crippen molar-refractivity contribution in [2.45, 2.75) is 114 Å². The van der Waals surface area contributed by atoms with Gasteiger partial charge in [0.25, 0.3) is 0 Å². The largest absolute Gasteiger partial charge is 0.445 e. The summed E-state index contributed by atoms with van der Waals surface area (Å²) in [5.41, 5.74) is 0.814. The van der Waals surface area contributed by atoms with Crippen LogP contribution in [0.2, 0.25) is 0 Å². The van der Waals surface area contributed by atoms with E-state index in [-0.39, 0.29) is 65.1 Å². The Hall–Kier alpha value is -3.50. The molecule has 2 aliphatic heterocycles. The molecule has 11 atom stereocenters. The second kappa shape index (κ2) is 21.9. The maximum Gasteiger partial charge on any atom is 0.407 e. The van der Waals surface area contributed by atoms with Crippen molar-refractivity contribution >= 4 is 23.8 Å². The van der Waals surface area contributed by atoms with Crippen LogP contribution in [0.4, 0.5) is 4.79 Å². The van der Waals surface area contributed by atoms with Gasteiger partial charge in [0.1, 0.15) is 49.3 Å². The molecule has 0 radical (unpaired) electrons. The number of aliphatic hydroxyl groups is 6. The van der Waals surface area contributed by atoms with Crippen LogP contribution < -0.4 is 21.3 Å². The lowest BCUT2D eigenvalue weighted by Crippen LogP contribution is -2.57. The summed E-state index contributed by atoms with van der Waals surface area (Å²) in [6.45, 7) is 2.83. The van der Waals surface area contributed by atoms with Gasteiger partial charge < -0.3 is 75.6 Å². The van der Waals surface area contributed by atoms with Gasteiger partial charge in [-0.05, 0) is 32.3 Å². The van der Waals surface area contributed by atoms with Gasteiger partial charge in [-0.15, -0.1) is 0 Å². The van der Waals surface area contributed by atoms with Gasteiger partial charge >= 0.3 is 6.09 Å². The van der Waals surface area contributed by atoms with Crippen LogP contribution >= 0.6 is 0 Å². The lowest BCUT2D eigenvalue weighted by atomic mass is 10.0. The molecule has 1 aromatic carbocycles. The van der Waals surface area contributed by atoms with E-state index in [0.29, 0.717) is 0 Å². The third-order valence-electron chi connectivity index (χ3n) is 8.38. The molecule has 0 unspecified atom stereocenters. The Kier molecular flexibility index (Phi) is 18.1. The smallest absolute Gasteiger partial charge is 0.407 e. The summed E-state index contributed by atoms with van der Waals surface area (Å²) in [6.07, 6.45) is -13.4. The van der Waals surface area contributed by atoms with Gasteiger partial charge in [-0.1, -0.05) is 30.3 Å². The zero-order valence-electron chi connectivity index (χ0n) is 29.2. The van der Waals surface area contributed by atoms with E-state index < -0.39 is 91.3 Å². The average molecular weight is 745 g/mol. The van der Waals surface area contributed by atoms with Gasteiger partial charge in [-0.3, -0.25) is 14.4 Å². The van der Waals surface area contributed by atoms with Crippen LogP contribution in [0, 0.1) is 0 Å². The molecule has 1 aromatic rings. The predicted octanol–water partition coefficient (Wildman–Crippen LogP) is -3.12. The van der Waals surface area contributed by atoms with Crippen LogP contribution in [0.5, 0.6) is 0 Å². The van der Waals surface area contributed by atoms with Crippen LogP contribution in [0.1, 0.15) is 45.1 Å². The quantitative estimate of drug-likeness (QED) is 0.0628. The predicted molar refractivity (Wildman–Crippen MR) is 178 cm³/mol. The fourth-order valence-corrected chi connectivity index (χ4v) is 5.25. The van der Waals surface area contributed by atoms with Crippen molar-refractivity contribution in [2.24, 2.45) is 0 Å². The van der Waals surface area contributed by atoms with Crippen molar-refractivity contribution in [3.8, 4) is 0 Å². The number of ether oxygens (including phenoxy) is 5. The highest BCUT2D eigenvalue weighted by atomic mass is 16.7. The molecule has 0 saturated carbocycles. The molecule has 10 N–H and O–H groups in total. The first-order valence-corrected chi connectivity index (χ1v) is 17.2. The Labute approximate surface area is 300 Å². The lowest BCUT2D eigenvalue weighted by molar-refractivity contribution is -0.292. The minimum atomic E-state index is -1.53. The van der Waals surface area contributed by atoms with E-state index in [1.54, 1.807) is 0 Å². The third kappa shape index (κ3) is 13.8. The molecule has 0 aliphatic carbocycles. The SMILES string of the molecule is C[C@@H]1O[C@@H](OCCNC(=O)CC[C@H](NC(=O)CCCNC(=O)OCc2ccccc2)C(=O)NCCO[C@@H]2O[C@@H](C)[C@@H](O)[C@@H](O)[C@@H]2O)[C@@H](O)[C@H](O)[C@@H]1O. The van der Waals surface area contributed by atoms with Crippen molar-refractivity contribution in [3.05, 3.63) is 35.9 Å². The fraction of sp³-hybridized carbons (Fsp3) is 0.697. The number of nitrogens with one attached hydrogen (secondary N) is 4. The van der Waals surface area contributed by atoms with Crippen LogP contribution in [0.3, 0.4) is 0 Å². The van der Waals surface area contributed by atoms with Crippen LogP contribution in [0.15, 0.2) is 30.3 Å². The number of benzene rings is 1. The number of alkyl carbamates (subject to hydrolysis) is 1. The number of hydrogen-bond acceptors (Lipinski definition) is 15. The number of rotatable bonds is 19. The molecule has 294 valence electrons. The zero-order chi connectivity index (χ0) is 38.2. The first-order chi connectivity index (χ1) is 24.8. The molecule has 19 heteroatoms. The molecule has 2 aliphatic rings. The topological polar surface area (TPSA) is 284 Å². The zero-order valence-corrected chi connectivity index (χ0v) is 29.2. The van der Waals surface area contributed by atoms with Crippen molar-refractivity contribution in [1.29, 1.82) is 0 Å². The molecule has 2 saturated heterocycles. The van der Waals surface area contributed by atoms with Gasteiger partial charge in [0.15, 0.2) is 12.6 Å². The number of aliphatic hydroxyl groups excluding tert-OH is 6. The fourth-order valence-electron chi connectivity index (χ4n) is 5.25. The van der Waals surface area contributed by atoms with Gasteiger partial charge in [-0.25, -0.2) is 4.79 Å². The Morgan fingerprint density at radius 3 is 1.83 bits per heavy atom. The monoisotopic (exact) mass is 744 g/mol. The average Bonchev–Trinajstić information content (AvgIpc) is 3.13. The normalized spacial score (nSPS) is 29.4. The maximum atomic E-state index is 13.1. The summed E-state index contributed by atoms with van der Waals surface area (Å²) < 4.78 is 26.7. The second-order valence-corrected chi connectivity index (χ2v) is 12.5.